The van der Waals surface area contributed by atoms with E-state index in [2.05, 4.69) is 15.2 Å². The highest BCUT2D eigenvalue weighted by Crippen LogP contribution is 2.31. The lowest BCUT2D eigenvalue weighted by Crippen LogP contribution is -2.00. The third kappa shape index (κ3) is 2.29. The van der Waals surface area contributed by atoms with Crippen LogP contribution in [0.15, 0.2) is 30.5 Å². The van der Waals surface area contributed by atoms with Gasteiger partial charge in [0.2, 0.25) is 0 Å². The number of halogens is 3. The molecule has 0 fully saturated rings. The molecule has 2 heterocycles. The molecular formula is C14H9ClF2N4O. The van der Waals surface area contributed by atoms with Crippen LogP contribution < -0.4 is 0 Å². The topological polar surface area (TPSA) is 63.8 Å². The van der Waals surface area contributed by atoms with Crippen molar-refractivity contribution in [3.63, 3.8) is 0 Å². The Bertz CT molecular complexity index is 846. The van der Waals surface area contributed by atoms with Crippen LogP contribution in [0.25, 0.3) is 22.8 Å². The number of pyridine rings is 1. The third-order valence-electron chi connectivity index (χ3n) is 3.13. The Morgan fingerprint density at radius 1 is 1.14 bits per heavy atom. The highest BCUT2D eigenvalue weighted by Gasteiger charge is 2.20. The number of aromatic nitrogens is 4. The molecule has 112 valence electrons. The van der Waals surface area contributed by atoms with E-state index in [1.807, 2.05) is 0 Å². The summed E-state index contributed by atoms with van der Waals surface area (Å²) in [4.78, 5) is 3.80. The van der Waals surface area contributed by atoms with E-state index in [0.717, 1.165) is 12.1 Å². The smallest absolute Gasteiger partial charge is 0.169 e. The Labute approximate surface area is 128 Å². The van der Waals surface area contributed by atoms with Gasteiger partial charge in [-0.15, -0.1) is 10.2 Å². The first kappa shape index (κ1) is 14.4. The molecule has 0 saturated heterocycles. The van der Waals surface area contributed by atoms with Gasteiger partial charge in [-0.3, -0.25) is 0 Å². The molecule has 0 aliphatic heterocycles. The van der Waals surface area contributed by atoms with Crippen LogP contribution in [0.5, 0.6) is 5.75 Å². The second-order valence-corrected chi connectivity index (χ2v) is 4.89. The number of hydrogen-bond donors (Lipinski definition) is 1. The summed E-state index contributed by atoms with van der Waals surface area (Å²) in [6.07, 6.45) is 1.18. The van der Waals surface area contributed by atoms with Gasteiger partial charge >= 0.3 is 0 Å². The Morgan fingerprint density at radius 3 is 2.45 bits per heavy atom. The SMILES string of the molecule is Cn1c(-c2cc(O)cnc2Cl)nnc1-c1c(F)cccc1F. The van der Waals surface area contributed by atoms with E-state index in [1.165, 1.54) is 29.9 Å². The van der Waals surface area contributed by atoms with Crippen LogP contribution in [-0.4, -0.2) is 24.9 Å². The predicted octanol–water partition coefficient (Wildman–Crippen LogP) is 3.18. The minimum absolute atomic E-state index is 0.00464. The fourth-order valence-corrected chi connectivity index (χ4v) is 2.27. The summed E-state index contributed by atoms with van der Waals surface area (Å²) < 4.78 is 29.1. The van der Waals surface area contributed by atoms with Gasteiger partial charge in [0.1, 0.15) is 22.5 Å². The molecular weight excluding hydrogens is 314 g/mol. The van der Waals surface area contributed by atoms with Crippen molar-refractivity contribution >= 4 is 11.6 Å². The van der Waals surface area contributed by atoms with Crippen molar-refractivity contribution in [3.05, 3.63) is 47.2 Å². The fraction of sp³-hybridized carbons (Fsp3) is 0.0714. The van der Waals surface area contributed by atoms with Gasteiger partial charge in [0.25, 0.3) is 0 Å². The lowest BCUT2D eigenvalue weighted by molar-refractivity contribution is 0.473. The first-order valence-electron chi connectivity index (χ1n) is 6.17. The highest BCUT2D eigenvalue weighted by atomic mass is 35.5. The van der Waals surface area contributed by atoms with Gasteiger partial charge in [-0.25, -0.2) is 13.8 Å². The van der Waals surface area contributed by atoms with Crippen LogP contribution in [0, 0.1) is 11.6 Å². The molecule has 0 bridgehead atoms. The van der Waals surface area contributed by atoms with Crippen LogP contribution >= 0.6 is 11.6 Å². The first-order valence-corrected chi connectivity index (χ1v) is 6.55. The van der Waals surface area contributed by atoms with E-state index < -0.39 is 11.6 Å². The van der Waals surface area contributed by atoms with Gasteiger partial charge in [0.15, 0.2) is 11.6 Å². The number of rotatable bonds is 2. The number of benzene rings is 1. The lowest BCUT2D eigenvalue weighted by atomic mass is 10.2. The van der Waals surface area contributed by atoms with Gasteiger partial charge in [-0.2, -0.15) is 0 Å². The number of hydrogen-bond acceptors (Lipinski definition) is 4. The van der Waals surface area contributed by atoms with Gasteiger partial charge in [0.05, 0.1) is 17.3 Å². The van der Waals surface area contributed by atoms with Gasteiger partial charge in [-0.1, -0.05) is 17.7 Å². The van der Waals surface area contributed by atoms with Crippen molar-refractivity contribution in [2.75, 3.05) is 0 Å². The van der Waals surface area contributed by atoms with E-state index in [4.69, 9.17) is 11.6 Å². The van der Waals surface area contributed by atoms with Gasteiger partial charge in [0, 0.05) is 7.05 Å². The van der Waals surface area contributed by atoms with E-state index in [9.17, 15) is 13.9 Å². The largest absolute Gasteiger partial charge is 0.506 e. The molecule has 2 aromatic heterocycles. The predicted molar refractivity (Wildman–Crippen MR) is 76.3 cm³/mol. The molecule has 3 aromatic rings. The molecule has 0 saturated carbocycles. The molecule has 22 heavy (non-hydrogen) atoms. The zero-order valence-electron chi connectivity index (χ0n) is 11.3. The maximum atomic E-state index is 13.9. The molecule has 0 unspecified atom stereocenters. The maximum Gasteiger partial charge on any atom is 0.169 e. The molecule has 1 N–H and O–H groups in total. The summed E-state index contributed by atoms with van der Waals surface area (Å²) >= 11 is 5.97. The van der Waals surface area contributed by atoms with E-state index in [0.29, 0.717) is 5.56 Å². The Kier molecular flexibility index (Phi) is 3.50. The number of nitrogens with zero attached hydrogens (tertiary/aromatic N) is 4. The van der Waals surface area contributed by atoms with Crippen molar-refractivity contribution in [1.29, 1.82) is 0 Å². The van der Waals surface area contributed by atoms with Gasteiger partial charge in [-0.05, 0) is 18.2 Å². The Morgan fingerprint density at radius 2 is 1.77 bits per heavy atom. The normalized spacial score (nSPS) is 10.9. The number of aromatic hydroxyl groups is 1. The molecule has 0 atom stereocenters. The highest BCUT2D eigenvalue weighted by molar-refractivity contribution is 6.32. The van der Waals surface area contributed by atoms with E-state index >= 15 is 0 Å². The molecule has 0 amide bonds. The first-order chi connectivity index (χ1) is 10.5. The van der Waals surface area contributed by atoms with Crippen LogP contribution in [0.3, 0.4) is 0 Å². The van der Waals surface area contributed by atoms with Crippen LogP contribution in [0.1, 0.15) is 0 Å². The summed E-state index contributed by atoms with van der Waals surface area (Å²) in [7, 11) is 1.54. The fourth-order valence-electron chi connectivity index (χ4n) is 2.09. The summed E-state index contributed by atoms with van der Waals surface area (Å²) in [6.45, 7) is 0. The summed E-state index contributed by atoms with van der Waals surface area (Å²) in [5.74, 6) is -1.37. The summed E-state index contributed by atoms with van der Waals surface area (Å²) in [5, 5.41) is 17.3. The molecule has 0 aliphatic carbocycles. The average Bonchev–Trinajstić information content (AvgIpc) is 2.83. The maximum absolute atomic E-state index is 13.9. The van der Waals surface area contributed by atoms with E-state index in [-0.39, 0.29) is 28.1 Å². The minimum atomic E-state index is -0.748. The van der Waals surface area contributed by atoms with Crippen molar-refractivity contribution in [2.45, 2.75) is 0 Å². The van der Waals surface area contributed by atoms with Gasteiger partial charge < -0.3 is 9.67 Å². The van der Waals surface area contributed by atoms with E-state index in [1.54, 1.807) is 0 Å². The Hall–Kier alpha value is -2.54. The zero-order valence-corrected chi connectivity index (χ0v) is 12.0. The zero-order chi connectivity index (χ0) is 15.9. The minimum Gasteiger partial charge on any atom is -0.506 e. The standard InChI is InChI=1S/C14H9ClF2N4O/c1-21-13(8-5-7(22)6-18-12(8)15)19-20-14(21)11-9(16)3-2-4-10(11)17/h2-6,22H,1H3. The molecule has 1 aromatic carbocycles. The molecule has 0 aliphatic rings. The molecule has 0 radical (unpaired) electrons. The quantitative estimate of drug-likeness (QED) is 0.736. The molecule has 5 nitrogen and oxygen atoms in total. The molecule has 0 spiro atoms. The van der Waals surface area contributed by atoms with Crippen molar-refractivity contribution in [1.82, 2.24) is 19.7 Å². The van der Waals surface area contributed by atoms with Crippen molar-refractivity contribution in [2.24, 2.45) is 7.05 Å². The van der Waals surface area contributed by atoms with Crippen molar-refractivity contribution in [3.8, 4) is 28.5 Å². The van der Waals surface area contributed by atoms with Crippen LogP contribution in [-0.2, 0) is 7.05 Å². The van der Waals surface area contributed by atoms with Crippen molar-refractivity contribution < 1.29 is 13.9 Å². The monoisotopic (exact) mass is 322 g/mol. The van der Waals surface area contributed by atoms with Crippen LogP contribution in [0.4, 0.5) is 8.78 Å². The summed E-state index contributed by atoms with van der Waals surface area (Å²) in [6, 6.07) is 4.88. The third-order valence-corrected chi connectivity index (χ3v) is 3.43. The van der Waals surface area contributed by atoms with Crippen LogP contribution in [0.2, 0.25) is 5.15 Å². The second kappa shape index (κ2) is 5.34. The average molecular weight is 323 g/mol. The molecule has 8 heteroatoms. The Balaban J connectivity index is 2.20. The second-order valence-electron chi connectivity index (χ2n) is 4.53. The lowest BCUT2D eigenvalue weighted by Gasteiger charge is -2.07. The summed E-state index contributed by atoms with van der Waals surface area (Å²) in [5.41, 5.74) is 0.0210. The molecule has 3 rings (SSSR count).